The number of aryl methyl sites for hydroxylation is 1. The highest BCUT2D eigenvalue weighted by Gasteiger charge is 2.19. The second-order valence-electron chi connectivity index (χ2n) is 4.21. The minimum absolute atomic E-state index is 0.0309. The zero-order valence-corrected chi connectivity index (χ0v) is 10.7. The highest BCUT2D eigenvalue weighted by atomic mass is 19.1. The normalized spacial score (nSPS) is 12.0. The van der Waals surface area contributed by atoms with Crippen LogP contribution in [0.5, 0.6) is 5.75 Å². The number of hydrogen-bond donors (Lipinski definition) is 3. The van der Waals surface area contributed by atoms with E-state index in [9.17, 15) is 9.18 Å². The summed E-state index contributed by atoms with van der Waals surface area (Å²) in [4.78, 5) is 11.4. The molecule has 0 fully saturated rings. The Hall–Kier alpha value is -1.66. The molecule has 1 atom stereocenters. The fraction of sp³-hybridized carbons (Fsp3) is 0.462. The van der Waals surface area contributed by atoms with Crippen molar-refractivity contribution < 1.29 is 24.2 Å². The van der Waals surface area contributed by atoms with Gasteiger partial charge in [-0.25, -0.2) is 9.87 Å². The fourth-order valence-corrected chi connectivity index (χ4v) is 1.61. The number of hydrogen-bond acceptors (Lipinski definition) is 4. The largest absolute Gasteiger partial charge is 0.481 e. The Morgan fingerprint density at radius 2 is 2.21 bits per heavy atom. The molecule has 5 nitrogen and oxygen atoms in total. The number of aliphatic hydroxyl groups excluding tert-OH is 1. The number of rotatable bonds is 7. The number of amides is 1. The van der Waals surface area contributed by atoms with Crippen LogP contribution >= 0.6 is 0 Å². The van der Waals surface area contributed by atoms with E-state index in [1.165, 1.54) is 23.7 Å². The second-order valence-corrected chi connectivity index (χ2v) is 4.21. The van der Waals surface area contributed by atoms with Crippen LogP contribution < -0.4 is 10.2 Å². The summed E-state index contributed by atoms with van der Waals surface area (Å²) in [6, 6.07) is 4.16. The summed E-state index contributed by atoms with van der Waals surface area (Å²) in [6.45, 7) is 1.62. The van der Waals surface area contributed by atoms with Crippen molar-refractivity contribution in [3.8, 4) is 5.75 Å². The molecule has 1 aromatic carbocycles. The lowest BCUT2D eigenvalue weighted by molar-refractivity contribution is -0.136. The second kappa shape index (κ2) is 7.70. The van der Waals surface area contributed by atoms with Gasteiger partial charge in [0, 0.05) is 6.61 Å². The Morgan fingerprint density at radius 1 is 1.47 bits per heavy atom. The third-order valence-corrected chi connectivity index (χ3v) is 2.68. The molecule has 0 spiro atoms. The molecule has 0 aliphatic carbocycles. The summed E-state index contributed by atoms with van der Waals surface area (Å²) >= 11 is 0. The Morgan fingerprint density at radius 3 is 2.79 bits per heavy atom. The molecule has 1 rings (SSSR count). The van der Waals surface area contributed by atoms with Gasteiger partial charge in [0.1, 0.15) is 11.6 Å². The molecule has 0 aliphatic rings. The molecule has 1 amide bonds. The van der Waals surface area contributed by atoms with Gasteiger partial charge in [-0.1, -0.05) is 0 Å². The van der Waals surface area contributed by atoms with E-state index < -0.39 is 12.0 Å². The number of hydroxylamine groups is 1. The number of ether oxygens (including phenoxy) is 1. The SMILES string of the molecule is Cc1cc(OC(CCCCO)C(=O)NO)ccc1F. The average Bonchev–Trinajstić information content (AvgIpc) is 2.41. The van der Waals surface area contributed by atoms with Gasteiger partial charge in [-0.2, -0.15) is 0 Å². The van der Waals surface area contributed by atoms with Crippen molar-refractivity contribution in [2.45, 2.75) is 32.3 Å². The van der Waals surface area contributed by atoms with E-state index in [2.05, 4.69) is 0 Å². The van der Waals surface area contributed by atoms with Gasteiger partial charge >= 0.3 is 0 Å². The molecule has 1 aromatic rings. The standard InChI is InChI=1S/C13H18FNO4/c1-9-8-10(5-6-11(9)14)19-12(13(17)15-18)4-2-3-7-16/h5-6,8,12,16,18H,2-4,7H2,1H3,(H,15,17). The summed E-state index contributed by atoms with van der Waals surface area (Å²) in [7, 11) is 0. The van der Waals surface area contributed by atoms with Crippen LogP contribution in [-0.4, -0.2) is 28.9 Å². The quantitative estimate of drug-likeness (QED) is 0.399. The van der Waals surface area contributed by atoms with Gasteiger partial charge in [0.2, 0.25) is 0 Å². The molecule has 3 N–H and O–H groups in total. The number of benzene rings is 1. The summed E-state index contributed by atoms with van der Waals surface area (Å²) in [5.74, 6) is -0.660. The summed E-state index contributed by atoms with van der Waals surface area (Å²) in [5.41, 5.74) is 1.95. The van der Waals surface area contributed by atoms with Gasteiger partial charge < -0.3 is 9.84 Å². The molecular weight excluding hydrogens is 253 g/mol. The first kappa shape index (κ1) is 15.4. The molecule has 0 bridgehead atoms. The van der Waals surface area contributed by atoms with Crippen molar-refractivity contribution in [3.05, 3.63) is 29.6 Å². The van der Waals surface area contributed by atoms with E-state index in [1.807, 2.05) is 0 Å². The number of halogens is 1. The average molecular weight is 271 g/mol. The molecule has 0 heterocycles. The van der Waals surface area contributed by atoms with Crippen LogP contribution in [0.4, 0.5) is 4.39 Å². The minimum Gasteiger partial charge on any atom is -0.481 e. The van der Waals surface area contributed by atoms with Gasteiger partial charge in [0.25, 0.3) is 5.91 Å². The molecule has 19 heavy (non-hydrogen) atoms. The molecular formula is C13H18FNO4. The Labute approximate surface area is 111 Å². The first-order chi connectivity index (χ1) is 9.08. The van der Waals surface area contributed by atoms with E-state index >= 15 is 0 Å². The summed E-state index contributed by atoms with van der Waals surface area (Å²) in [6.07, 6.45) is 0.598. The number of aliphatic hydroxyl groups is 1. The third kappa shape index (κ3) is 4.84. The Balaban J connectivity index is 2.69. The molecule has 0 aromatic heterocycles. The van der Waals surface area contributed by atoms with E-state index in [0.717, 1.165) is 0 Å². The van der Waals surface area contributed by atoms with Crippen molar-refractivity contribution in [2.24, 2.45) is 0 Å². The number of nitrogens with one attached hydrogen (secondary N) is 1. The van der Waals surface area contributed by atoms with Crippen molar-refractivity contribution in [2.75, 3.05) is 6.61 Å². The van der Waals surface area contributed by atoms with Crippen LogP contribution in [0.3, 0.4) is 0 Å². The Kier molecular flexibility index (Phi) is 6.24. The molecule has 0 radical (unpaired) electrons. The van der Waals surface area contributed by atoms with Crippen molar-refractivity contribution in [1.29, 1.82) is 0 Å². The lowest BCUT2D eigenvalue weighted by atomic mass is 10.1. The van der Waals surface area contributed by atoms with Crippen molar-refractivity contribution in [1.82, 2.24) is 5.48 Å². The molecule has 106 valence electrons. The van der Waals surface area contributed by atoms with Crippen LogP contribution in [0.1, 0.15) is 24.8 Å². The minimum atomic E-state index is -0.874. The van der Waals surface area contributed by atoms with Crippen LogP contribution in [0.15, 0.2) is 18.2 Å². The predicted octanol–water partition coefficient (Wildman–Crippen LogP) is 1.55. The van der Waals surface area contributed by atoms with Crippen LogP contribution in [0.2, 0.25) is 0 Å². The Bertz CT molecular complexity index is 425. The van der Waals surface area contributed by atoms with E-state index in [-0.39, 0.29) is 12.4 Å². The zero-order valence-electron chi connectivity index (χ0n) is 10.7. The van der Waals surface area contributed by atoms with Gasteiger partial charge in [-0.15, -0.1) is 0 Å². The lowest BCUT2D eigenvalue weighted by Crippen LogP contribution is -2.36. The molecule has 1 unspecified atom stereocenters. The molecule has 0 saturated carbocycles. The molecule has 0 aliphatic heterocycles. The van der Waals surface area contributed by atoms with Gasteiger partial charge in [-0.3, -0.25) is 10.0 Å². The number of carbonyl (C=O) groups excluding carboxylic acids is 1. The highest BCUT2D eigenvalue weighted by molar-refractivity contribution is 5.79. The maximum absolute atomic E-state index is 13.1. The smallest absolute Gasteiger partial charge is 0.284 e. The van der Waals surface area contributed by atoms with Crippen molar-refractivity contribution in [3.63, 3.8) is 0 Å². The lowest BCUT2D eigenvalue weighted by Gasteiger charge is -2.17. The van der Waals surface area contributed by atoms with E-state index in [4.69, 9.17) is 15.1 Å². The summed E-state index contributed by atoms with van der Waals surface area (Å²) < 4.78 is 18.5. The predicted molar refractivity (Wildman–Crippen MR) is 66.4 cm³/mol. The van der Waals surface area contributed by atoms with Gasteiger partial charge in [-0.05, 0) is 49.9 Å². The molecule has 6 heteroatoms. The highest BCUT2D eigenvalue weighted by Crippen LogP contribution is 2.19. The number of carbonyl (C=O) groups is 1. The number of unbranched alkanes of at least 4 members (excludes halogenated alkanes) is 1. The summed E-state index contributed by atoms with van der Waals surface area (Å²) in [5, 5.41) is 17.3. The maximum atomic E-state index is 13.1. The van der Waals surface area contributed by atoms with Crippen LogP contribution in [0.25, 0.3) is 0 Å². The van der Waals surface area contributed by atoms with Gasteiger partial charge in [0.05, 0.1) is 0 Å². The monoisotopic (exact) mass is 271 g/mol. The van der Waals surface area contributed by atoms with Crippen molar-refractivity contribution >= 4 is 5.91 Å². The topological polar surface area (TPSA) is 78.8 Å². The van der Waals surface area contributed by atoms with Crippen LogP contribution in [0, 0.1) is 12.7 Å². The third-order valence-electron chi connectivity index (χ3n) is 2.68. The van der Waals surface area contributed by atoms with Crippen LogP contribution in [-0.2, 0) is 4.79 Å². The van der Waals surface area contributed by atoms with E-state index in [1.54, 1.807) is 6.92 Å². The fourth-order valence-electron chi connectivity index (χ4n) is 1.61. The molecule has 0 saturated heterocycles. The zero-order chi connectivity index (χ0) is 14.3. The first-order valence-corrected chi connectivity index (χ1v) is 6.06. The van der Waals surface area contributed by atoms with E-state index in [0.29, 0.717) is 30.6 Å². The van der Waals surface area contributed by atoms with Gasteiger partial charge in [0.15, 0.2) is 6.10 Å². The first-order valence-electron chi connectivity index (χ1n) is 6.06. The maximum Gasteiger partial charge on any atom is 0.284 e.